The van der Waals surface area contributed by atoms with E-state index in [9.17, 15) is 4.79 Å². The summed E-state index contributed by atoms with van der Waals surface area (Å²) in [5.41, 5.74) is 6.22. The van der Waals surface area contributed by atoms with Gasteiger partial charge in [-0.15, -0.1) is 0 Å². The van der Waals surface area contributed by atoms with Gasteiger partial charge < -0.3 is 4.42 Å². The minimum Gasteiger partial charge on any atom is -0.422 e. The number of benzene rings is 2. The van der Waals surface area contributed by atoms with E-state index in [0.717, 1.165) is 16.6 Å². The Morgan fingerprint density at radius 1 is 1.09 bits per heavy atom. The van der Waals surface area contributed by atoms with Crippen molar-refractivity contribution < 1.29 is 4.42 Å². The van der Waals surface area contributed by atoms with Crippen LogP contribution in [-0.4, -0.2) is 5.71 Å². The summed E-state index contributed by atoms with van der Waals surface area (Å²) in [5.74, 6) is 0. The molecule has 0 bridgehead atoms. The number of hydrazone groups is 1. The molecule has 3 aromatic rings. The Bertz CT molecular complexity index is 910. The summed E-state index contributed by atoms with van der Waals surface area (Å²) < 4.78 is 5.32. The highest BCUT2D eigenvalue weighted by atomic mass is 16.4. The smallest absolute Gasteiger partial charge is 0.345 e. The Morgan fingerprint density at radius 2 is 1.91 bits per heavy atom. The van der Waals surface area contributed by atoms with Crippen molar-refractivity contribution in [2.45, 2.75) is 13.8 Å². The van der Waals surface area contributed by atoms with Crippen LogP contribution < -0.4 is 11.1 Å². The molecular formula is C18H16N2O2. The van der Waals surface area contributed by atoms with Crippen LogP contribution in [0.4, 0.5) is 5.69 Å². The average Bonchev–Trinajstić information content (AvgIpc) is 2.52. The Balaban J connectivity index is 1.94. The highest BCUT2D eigenvalue weighted by Gasteiger charge is 2.08. The lowest BCUT2D eigenvalue weighted by atomic mass is 10.1. The highest BCUT2D eigenvalue weighted by Crippen LogP contribution is 2.14. The van der Waals surface area contributed by atoms with Crippen molar-refractivity contribution >= 4 is 22.4 Å². The zero-order valence-electron chi connectivity index (χ0n) is 12.5. The van der Waals surface area contributed by atoms with E-state index in [1.165, 1.54) is 0 Å². The molecule has 0 spiro atoms. The van der Waals surface area contributed by atoms with E-state index < -0.39 is 0 Å². The summed E-state index contributed by atoms with van der Waals surface area (Å²) in [6, 6.07) is 17.1. The van der Waals surface area contributed by atoms with Gasteiger partial charge in [-0.1, -0.05) is 30.3 Å². The van der Waals surface area contributed by atoms with Crippen LogP contribution in [0, 0.1) is 6.92 Å². The van der Waals surface area contributed by atoms with E-state index in [-0.39, 0.29) is 5.63 Å². The van der Waals surface area contributed by atoms with Gasteiger partial charge in [-0.3, -0.25) is 5.43 Å². The van der Waals surface area contributed by atoms with Gasteiger partial charge in [0, 0.05) is 5.39 Å². The summed E-state index contributed by atoms with van der Waals surface area (Å²) in [5, 5.41) is 5.16. The molecule has 0 radical (unpaired) electrons. The quantitative estimate of drug-likeness (QED) is 0.452. The lowest BCUT2D eigenvalue weighted by molar-refractivity contribution is 0.559. The van der Waals surface area contributed by atoms with Crippen LogP contribution in [0.15, 0.2) is 68.9 Å². The standard InChI is InChI=1S/C18H16N2O2/c1-12-6-5-8-15(10-12)20-19-13(2)16-11-14-7-3-4-9-17(14)22-18(16)21/h3-11,20H,1-2H3/b19-13+. The van der Waals surface area contributed by atoms with Crippen LogP contribution in [0.2, 0.25) is 0 Å². The van der Waals surface area contributed by atoms with Crippen molar-refractivity contribution in [3.05, 3.63) is 76.1 Å². The fraction of sp³-hybridized carbons (Fsp3) is 0.111. The van der Waals surface area contributed by atoms with Gasteiger partial charge in [-0.25, -0.2) is 4.79 Å². The second kappa shape index (κ2) is 5.85. The maximum atomic E-state index is 12.1. The van der Waals surface area contributed by atoms with Gasteiger partial charge in [0.05, 0.1) is 17.0 Å². The Hall–Kier alpha value is -2.88. The lowest BCUT2D eigenvalue weighted by Crippen LogP contribution is -2.13. The Labute approximate surface area is 128 Å². The monoisotopic (exact) mass is 292 g/mol. The lowest BCUT2D eigenvalue weighted by Gasteiger charge is -2.04. The average molecular weight is 292 g/mol. The molecule has 0 amide bonds. The third-order valence-electron chi connectivity index (χ3n) is 3.40. The molecule has 4 nitrogen and oxygen atoms in total. The van der Waals surface area contributed by atoms with Crippen LogP contribution >= 0.6 is 0 Å². The van der Waals surface area contributed by atoms with E-state index >= 15 is 0 Å². The minimum absolute atomic E-state index is 0.383. The number of hydrogen-bond donors (Lipinski definition) is 1. The summed E-state index contributed by atoms with van der Waals surface area (Å²) in [6.07, 6.45) is 0. The first-order chi connectivity index (χ1) is 10.6. The Kier molecular flexibility index (Phi) is 3.74. The van der Waals surface area contributed by atoms with Gasteiger partial charge in [0.25, 0.3) is 0 Å². The number of aryl methyl sites for hydroxylation is 1. The van der Waals surface area contributed by atoms with E-state index in [2.05, 4.69) is 10.5 Å². The van der Waals surface area contributed by atoms with Gasteiger partial charge in [-0.2, -0.15) is 5.10 Å². The summed E-state index contributed by atoms with van der Waals surface area (Å²) in [7, 11) is 0. The molecule has 0 aliphatic heterocycles. The molecular weight excluding hydrogens is 276 g/mol. The van der Waals surface area contributed by atoms with E-state index in [1.807, 2.05) is 49.4 Å². The molecule has 1 heterocycles. The molecule has 2 aromatic carbocycles. The van der Waals surface area contributed by atoms with Crippen molar-refractivity contribution in [1.29, 1.82) is 0 Å². The van der Waals surface area contributed by atoms with Crippen molar-refractivity contribution in [3.8, 4) is 0 Å². The van der Waals surface area contributed by atoms with Crippen LogP contribution in [0.5, 0.6) is 0 Å². The summed E-state index contributed by atoms with van der Waals surface area (Å²) >= 11 is 0. The molecule has 22 heavy (non-hydrogen) atoms. The largest absolute Gasteiger partial charge is 0.422 e. The number of nitrogens with one attached hydrogen (secondary N) is 1. The number of hydrogen-bond acceptors (Lipinski definition) is 4. The third-order valence-corrected chi connectivity index (χ3v) is 3.40. The first-order valence-electron chi connectivity index (χ1n) is 7.04. The molecule has 0 unspecified atom stereocenters. The summed E-state index contributed by atoms with van der Waals surface area (Å²) in [4.78, 5) is 12.1. The first-order valence-corrected chi connectivity index (χ1v) is 7.04. The molecule has 4 heteroatoms. The van der Waals surface area contributed by atoms with Crippen LogP contribution in [0.3, 0.4) is 0 Å². The molecule has 0 saturated heterocycles. The van der Waals surface area contributed by atoms with Crippen LogP contribution in [0.25, 0.3) is 11.0 Å². The number of rotatable bonds is 3. The zero-order chi connectivity index (χ0) is 15.5. The van der Waals surface area contributed by atoms with Gasteiger partial charge in [0.2, 0.25) is 0 Å². The molecule has 1 N–H and O–H groups in total. The topological polar surface area (TPSA) is 54.6 Å². The van der Waals surface area contributed by atoms with Gasteiger partial charge in [0.1, 0.15) is 5.58 Å². The second-order valence-corrected chi connectivity index (χ2v) is 5.16. The van der Waals surface area contributed by atoms with Gasteiger partial charge in [0.15, 0.2) is 0 Å². The highest BCUT2D eigenvalue weighted by molar-refractivity contribution is 6.00. The predicted octanol–water partition coefficient (Wildman–Crippen LogP) is 3.94. The van der Waals surface area contributed by atoms with E-state index in [4.69, 9.17) is 4.42 Å². The first kappa shape index (κ1) is 14.1. The van der Waals surface area contributed by atoms with Crippen molar-refractivity contribution in [1.82, 2.24) is 0 Å². The van der Waals surface area contributed by atoms with Crippen molar-refractivity contribution in [3.63, 3.8) is 0 Å². The van der Waals surface area contributed by atoms with Crippen molar-refractivity contribution in [2.75, 3.05) is 5.43 Å². The van der Waals surface area contributed by atoms with Crippen molar-refractivity contribution in [2.24, 2.45) is 5.10 Å². The molecule has 0 saturated carbocycles. The fourth-order valence-electron chi connectivity index (χ4n) is 2.24. The number of nitrogens with zero attached hydrogens (tertiary/aromatic N) is 1. The minimum atomic E-state index is -0.383. The molecule has 1 aromatic heterocycles. The van der Waals surface area contributed by atoms with Gasteiger partial charge >= 0.3 is 5.63 Å². The van der Waals surface area contributed by atoms with Gasteiger partial charge in [-0.05, 0) is 43.7 Å². The molecule has 0 atom stereocenters. The Morgan fingerprint density at radius 3 is 2.73 bits per heavy atom. The molecule has 110 valence electrons. The van der Waals surface area contributed by atoms with E-state index in [0.29, 0.717) is 16.9 Å². The maximum absolute atomic E-state index is 12.1. The predicted molar refractivity (Wildman–Crippen MR) is 89.5 cm³/mol. The third kappa shape index (κ3) is 2.91. The number of anilines is 1. The molecule has 0 aliphatic carbocycles. The molecule has 0 fully saturated rings. The second-order valence-electron chi connectivity index (χ2n) is 5.16. The summed E-state index contributed by atoms with van der Waals surface area (Å²) in [6.45, 7) is 3.80. The zero-order valence-corrected chi connectivity index (χ0v) is 12.5. The van der Waals surface area contributed by atoms with Crippen LogP contribution in [0.1, 0.15) is 18.1 Å². The van der Waals surface area contributed by atoms with Crippen LogP contribution in [-0.2, 0) is 0 Å². The molecule has 0 aliphatic rings. The SMILES string of the molecule is C/C(=N\Nc1cccc(C)c1)c1cc2ccccc2oc1=O. The number of fused-ring (bicyclic) bond motifs is 1. The normalized spacial score (nSPS) is 11.6. The number of para-hydroxylation sites is 1. The van der Waals surface area contributed by atoms with E-state index in [1.54, 1.807) is 19.1 Å². The maximum Gasteiger partial charge on any atom is 0.345 e. The molecule has 3 rings (SSSR count). The fourth-order valence-corrected chi connectivity index (χ4v) is 2.24.